The van der Waals surface area contributed by atoms with Crippen LogP contribution in [-0.4, -0.2) is 39.0 Å². The van der Waals surface area contributed by atoms with Gasteiger partial charge in [-0.1, -0.05) is 20.8 Å². The Morgan fingerprint density at radius 1 is 1.27 bits per heavy atom. The minimum absolute atomic E-state index is 0.0235. The molecule has 0 spiro atoms. The van der Waals surface area contributed by atoms with Gasteiger partial charge in [0, 0.05) is 6.54 Å². The van der Waals surface area contributed by atoms with Crippen LogP contribution in [0.5, 0.6) is 0 Å². The van der Waals surface area contributed by atoms with Crippen molar-refractivity contribution >= 4 is 21.9 Å². The summed E-state index contributed by atoms with van der Waals surface area (Å²) in [6.45, 7) is 6.53. The molecule has 26 heavy (non-hydrogen) atoms. The molecule has 0 aromatic heterocycles. The van der Waals surface area contributed by atoms with E-state index in [4.69, 9.17) is 10.00 Å². The topological polar surface area (TPSA) is 125 Å². The third-order valence-electron chi connectivity index (χ3n) is 3.86. The van der Waals surface area contributed by atoms with Crippen LogP contribution >= 0.6 is 0 Å². The summed E-state index contributed by atoms with van der Waals surface area (Å²) in [5, 5.41) is 11.7. The maximum absolute atomic E-state index is 12.0. The number of nitriles is 1. The molecule has 1 rings (SSSR count). The summed E-state index contributed by atoms with van der Waals surface area (Å²) < 4.78 is 30.9. The highest BCUT2D eigenvalue weighted by molar-refractivity contribution is 7.89. The van der Waals surface area contributed by atoms with E-state index in [-0.39, 0.29) is 22.9 Å². The van der Waals surface area contributed by atoms with E-state index in [0.717, 1.165) is 0 Å². The molecular formula is C17H23N3O5S. The lowest BCUT2D eigenvalue weighted by molar-refractivity contribution is -0.125. The van der Waals surface area contributed by atoms with Gasteiger partial charge < -0.3 is 10.1 Å². The van der Waals surface area contributed by atoms with Gasteiger partial charge in [0.2, 0.25) is 10.0 Å². The Bertz CT molecular complexity index is 797. The SMILES string of the molecule is CCNS(=O)(=O)c1ccc(C(=O)OCC(=O)N[C@](C)(C#N)C(C)C)cc1. The van der Waals surface area contributed by atoms with Crippen LogP contribution in [0.15, 0.2) is 29.2 Å². The number of nitrogens with zero attached hydrogens (tertiary/aromatic N) is 1. The maximum Gasteiger partial charge on any atom is 0.338 e. The number of rotatable bonds is 8. The molecule has 8 nitrogen and oxygen atoms in total. The fourth-order valence-electron chi connectivity index (χ4n) is 1.89. The van der Waals surface area contributed by atoms with Crippen molar-refractivity contribution in [2.75, 3.05) is 13.2 Å². The highest BCUT2D eigenvalue weighted by Gasteiger charge is 2.30. The van der Waals surface area contributed by atoms with E-state index < -0.39 is 34.0 Å². The molecule has 142 valence electrons. The van der Waals surface area contributed by atoms with E-state index in [2.05, 4.69) is 10.0 Å². The van der Waals surface area contributed by atoms with Crippen molar-refractivity contribution in [3.05, 3.63) is 29.8 Å². The van der Waals surface area contributed by atoms with Crippen LogP contribution in [0.25, 0.3) is 0 Å². The second kappa shape index (κ2) is 8.78. The van der Waals surface area contributed by atoms with Gasteiger partial charge in [-0.05, 0) is 37.1 Å². The number of carbonyl (C=O) groups is 2. The highest BCUT2D eigenvalue weighted by atomic mass is 32.2. The number of ether oxygens (including phenoxy) is 1. The average Bonchev–Trinajstić information content (AvgIpc) is 2.59. The zero-order chi connectivity index (χ0) is 20.0. The number of sulfonamides is 1. The molecule has 0 bridgehead atoms. The molecule has 2 N–H and O–H groups in total. The third kappa shape index (κ3) is 5.54. The molecule has 0 radical (unpaired) electrons. The van der Waals surface area contributed by atoms with Crippen molar-refractivity contribution in [3.8, 4) is 6.07 Å². The Morgan fingerprint density at radius 3 is 2.31 bits per heavy atom. The van der Waals surface area contributed by atoms with Gasteiger partial charge in [0.1, 0.15) is 5.54 Å². The average molecular weight is 381 g/mol. The predicted molar refractivity (Wildman–Crippen MR) is 94.6 cm³/mol. The molecule has 0 fully saturated rings. The quantitative estimate of drug-likeness (QED) is 0.652. The number of hydrogen-bond donors (Lipinski definition) is 2. The Kier molecular flexibility index (Phi) is 7.29. The van der Waals surface area contributed by atoms with Crippen LogP contribution in [0.2, 0.25) is 0 Å². The normalized spacial score (nSPS) is 13.5. The van der Waals surface area contributed by atoms with Crippen molar-refractivity contribution in [1.82, 2.24) is 10.0 Å². The zero-order valence-corrected chi connectivity index (χ0v) is 16.0. The number of carbonyl (C=O) groups excluding carboxylic acids is 2. The molecule has 1 amide bonds. The molecule has 0 saturated heterocycles. The number of hydrogen-bond acceptors (Lipinski definition) is 6. The van der Waals surface area contributed by atoms with Gasteiger partial charge in [-0.15, -0.1) is 0 Å². The van der Waals surface area contributed by atoms with E-state index in [1.54, 1.807) is 27.7 Å². The van der Waals surface area contributed by atoms with Crippen molar-refractivity contribution in [2.45, 2.75) is 38.1 Å². The Hall–Kier alpha value is -2.44. The lowest BCUT2D eigenvalue weighted by atomic mass is 9.90. The summed E-state index contributed by atoms with van der Waals surface area (Å²) >= 11 is 0. The molecule has 1 aromatic rings. The summed E-state index contributed by atoms with van der Waals surface area (Å²) in [5.41, 5.74) is -0.952. The first-order valence-corrected chi connectivity index (χ1v) is 9.53. The Labute approximate surface area is 153 Å². The fraction of sp³-hybridized carbons (Fsp3) is 0.471. The third-order valence-corrected chi connectivity index (χ3v) is 5.42. The Balaban J connectivity index is 2.69. The molecule has 0 unspecified atom stereocenters. The van der Waals surface area contributed by atoms with E-state index in [0.29, 0.717) is 0 Å². The summed E-state index contributed by atoms with van der Waals surface area (Å²) in [7, 11) is -3.61. The van der Waals surface area contributed by atoms with Crippen LogP contribution in [0.4, 0.5) is 0 Å². The molecule has 9 heteroatoms. The van der Waals surface area contributed by atoms with Gasteiger partial charge in [0.25, 0.3) is 5.91 Å². The zero-order valence-electron chi connectivity index (χ0n) is 15.2. The first kappa shape index (κ1) is 21.6. The molecule has 1 atom stereocenters. The monoisotopic (exact) mass is 381 g/mol. The standard InChI is InChI=1S/C17H23N3O5S/c1-5-19-26(23,24)14-8-6-13(7-9-14)16(22)25-10-15(21)20-17(4,11-18)12(2)3/h6-9,12,19H,5,10H2,1-4H3,(H,20,21)/t17-/m1/s1. The number of amides is 1. The first-order valence-electron chi connectivity index (χ1n) is 8.05. The van der Waals surface area contributed by atoms with E-state index in [1.807, 2.05) is 6.07 Å². The van der Waals surface area contributed by atoms with Crippen LogP contribution in [0.1, 0.15) is 38.1 Å². The molecule has 1 aromatic carbocycles. The van der Waals surface area contributed by atoms with Crippen LogP contribution in [0, 0.1) is 17.2 Å². The smallest absolute Gasteiger partial charge is 0.338 e. The van der Waals surface area contributed by atoms with Gasteiger partial charge in [-0.2, -0.15) is 5.26 Å². The summed E-state index contributed by atoms with van der Waals surface area (Å²) in [6, 6.07) is 7.19. The molecule has 0 saturated carbocycles. The molecule has 0 heterocycles. The Morgan fingerprint density at radius 2 is 1.85 bits per heavy atom. The maximum atomic E-state index is 12.0. The minimum Gasteiger partial charge on any atom is -0.452 e. The lowest BCUT2D eigenvalue weighted by Gasteiger charge is -2.27. The summed E-state index contributed by atoms with van der Waals surface area (Å²) in [5.74, 6) is -1.49. The van der Waals surface area contributed by atoms with Gasteiger partial charge in [-0.3, -0.25) is 4.79 Å². The van der Waals surface area contributed by atoms with Crippen molar-refractivity contribution in [3.63, 3.8) is 0 Å². The van der Waals surface area contributed by atoms with Gasteiger partial charge in [-0.25, -0.2) is 17.9 Å². The fourth-order valence-corrected chi connectivity index (χ4v) is 2.93. The number of esters is 1. The number of nitrogens with one attached hydrogen (secondary N) is 2. The largest absolute Gasteiger partial charge is 0.452 e. The molecular weight excluding hydrogens is 358 g/mol. The van der Waals surface area contributed by atoms with Crippen LogP contribution < -0.4 is 10.0 Å². The van der Waals surface area contributed by atoms with Gasteiger partial charge >= 0.3 is 5.97 Å². The minimum atomic E-state index is -3.61. The van der Waals surface area contributed by atoms with Gasteiger partial charge in [0.05, 0.1) is 16.5 Å². The van der Waals surface area contributed by atoms with Crippen molar-refractivity contribution in [2.24, 2.45) is 5.92 Å². The predicted octanol–water partition coefficient (Wildman–Crippen LogP) is 1.20. The van der Waals surface area contributed by atoms with E-state index in [1.165, 1.54) is 24.3 Å². The van der Waals surface area contributed by atoms with E-state index >= 15 is 0 Å². The molecule has 0 aliphatic heterocycles. The molecule has 0 aliphatic rings. The second-order valence-corrected chi connectivity index (χ2v) is 7.89. The first-order chi connectivity index (χ1) is 12.1. The second-order valence-electron chi connectivity index (χ2n) is 6.12. The van der Waals surface area contributed by atoms with Crippen LogP contribution in [0.3, 0.4) is 0 Å². The summed E-state index contributed by atoms with van der Waals surface area (Å²) in [6.07, 6.45) is 0. The summed E-state index contributed by atoms with van der Waals surface area (Å²) in [4.78, 5) is 23.9. The molecule has 0 aliphatic carbocycles. The number of benzene rings is 1. The van der Waals surface area contributed by atoms with Crippen LogP contribution in [-0.2, 0) is 19.6 Å². The highest BCUT2D eigenvalue weighted by Crippen LogP contribution is 2.15. The lowest BCUT2D eigenvalue weighted by Crippen LogP contribution is -2.50. The van der Waals surface area contributed by atoms with Gasteiger partial charge in [0.15, 0.2) is 6.61 Å². The van der Waals surface area contributed by atoms with Crippen molar-refractivity contribution < 1.29 is 22.7 Å². The van der Waals surface area contributed by atoms with Crippen molar-refractivity contribution in [1.29, 1.82) is 5.26 Å². The van der Waals surface area contributed by atoms with E-state index in [9.17, 15) is 18.0 Å².